The van der Waals surface area contributed by atoms with Gasteiger partial charge in [-0.25, -0.2) is 0 Å². The van der Waals surface area contributed by atoms with Crippen molar-refractivity contribution in [2.24, 2.45) is 5.92 Å². The summed E-state index contributed by atoms with van der Waals surface area (Å²) >= 11 is 5.49. The molecule has 0 heterocycles. The summed E-state index contributed by atoms with van der Waals surface area (Å²) in [7, 11) is 0. The molecule has 0 amide bonds. The van der Waals surface area contributed by atoms with Gasteiger partial charge in [0.05, 0.1) is 0 Å². The third-order valence-electron chi connectivity index (χ3n) is 4.62. The maximum Gasteiger partial charge on any atom is 0.166 e. The van der Waals surface area contributed by atoms with Crippen LogP contribution in [-0.4, -0.2) is 17.2 Å². The van der Waals surface area contributed by atoms with E-state index < -0.39 is 0 Å². The van der Waals surface area contributed by atoms with Crippen molar-refractivity contribution in [3.8, 4) is 0 Å². The second-order valence-corrected chi connectivity index (χ2v) is 6.58. The normalized spacial score (nSPS) is 30.5. The Morgan fingerprint density at radius 2 is 1.44 bits per heavy atom. The molecule has 2 atom stereocenters. The van der Waals surface area contributed by atoms with Gasteiger partial charge in [0.2, 0.25) is 0 Å². The van der Waals surface area contributed by atoms with E-state index in [0.29, 0.717) is 12.1 Å². The van der Waals surface area contributed by atoms with E-state index in [1.54, 1.807) is 0 Å². The fourth-order valence-corrected chi connectivity index (χ4v) is 3.67. The molecular formula is C15H28N2S. The quantitative estimate of drug-likeness (QED) is 0.589. The van der Waals surface area contributed by atoms with Crippen molar-refractivity contribution in [1.82, 2.24) is 10.6 Å². The van der Waals surface area contributed by atoms with Crippen LogP contribution in [0.2, 0.25) is 0 Å². The van der Waals surface area contributed by atoms with Gasteiger partial charge >= 0.3 is 0 Å². The molecule has 0 bridgehead atoms. The molecule has 0 aromatic rings. The van der Waals surface area contributed by atoms with E-state index in [0.717, 1.165) is 11.0 Å². The molecule has 2 aliphatic carbocycles. The predicted octanol–water partition coefficient (Wildman–Crippen LogP) is 3.75. The van der Waals surface area contributed by atoms with Crippen molar-refractivity contribution in [3.05, 3.63) is 0 Å². The van der Waals surface area contributed by atoms with Crippen LogP contribution in [0.1, 0.15) is 71.1 Å². The first-order chi connectivity index (χ1) is 8.75. The molecule has 2 nitrogen and oxygen atoms in total. The molecule has 0 aromatic heterocycles. The Kier molecular flexibility index (Phi) is 5.74. The minimum atomic E-state index is 0.594. The second kappa shape index (κ2) is 7.32. The van der Waals surface area contributed by atoms with E-state index in [4.69, 9.17) is 12.2 Å². The topological polar surface area (TPSA) is 24.1 Å². The first-order valence-corrected chi connectivity index (χ1v) is 8.23. The summed E-state index contributed by atoms with van der Waals surface area (Å²) in [5.41, 5.74) is 0. The molecule has 2 aliphatic rings. The first kappa shape index (κ1) is 14.1. The van der Waals surface area contributed by atoms with E-state index in [-0.39, 0.29) is 0 Å². The van der Waals surface area contributed by atoms with Gasteiger partial charge in [0.1, 0.15) is 0 Å². The summed E-state index contributed by atoms with van der Waals surface area (Å²) in [5, 5.41) is 8.01. The zero-order valence-electron chi connectivity index (χ0n) is 11.7. The lowest BCUT2D eigenvalue weighted by Crippen LogP contribution is -2.48. The summed E-state index contributed by atoms with van der Waals surface area (Å²) in [6.45, 7) is 2.37. The summed E-state index contributed by atoms with van der Waals surface area (Å²) in [6.07, 6.45) is 13.5. The highest BCUT2D eigenvalue weighted by Crippen LogP contribution is 2.23. The number of nitrogens with one attached hydrogen (secondary N) is 2. The lowest BCUT2D eigenvalue weighted by Gasteiger charge is -2.28. The number of hydrogen-bond acceptors (Lipinski definition) is 1. The molecular weight excluding hydrogens is 240 g/mol. The van der Waals surface area contributed by atoms with E-state index in [1.165, 1.54) is 64.2 Å². The number of hydrogen-bond donors (Lipinski definition) is 2. The van der Waals surface area contributed by atoms with Crippen molar-refractivity contribution in [3.63, 3.8) is 0 Å². The van der Waals surface area contributed by atoms with Crippen LogP contribution in [-0.2, 0) is 0 Å². The van der Waals surface area contributed by atoms with Gasteiger partial charge in [-0.2, -0.15) is 0 Å². The Morgan fingerprint density at radius 3 is 2.17 bits per heavy atom. The molecule has 18 heavy (non-hydrogen) atoms. The Hall–Kier alpha value is -0.310. The van der Waals surface area contributed by atoms with Crippen LogP contribution in [0.15, 0.2) is 0 Å². The molecule has 0 saturated heterocycles. The third kappa shape index (κ3) is 4.42. The first-order valence-electron chi connectivity index (χ1n) is 7.83. The Balaban J connectivity index is 1.74. The third-order valence-corrected chi connectivity index (χ3v) is 4.85. The Morgan fingerprint density at radius 1 is 0.833 bits per heavy atom. The van der Waals surface area contributed by atoms with Crippen LogP contribution >= 0.6 is 12.2 Å². The van der Waals surface area contributed by atoms with Crippen molar-refractivity contribution in [1.29, 1.82) is 0 Å². The summed E-state index contributed by atoms with van der Waals surface area (Å²) in [5.74, 6) is 0.763. The maximum atomic E-state index is 5.49. The maximum absolute atomic E-state index is 5.49. The van der Waals surface area contributed by atoms with E-state index in [1.807, 2.05) is 0 Å². The molecule has 3 heteroatoms. The van der Waals surface area contributed by atoms with Crippen molar-refractivity contribution >= 4 is 17.3 Å². The smallest absolute Gasteiger partial charge is 0.166 e. The Bertz CT molecular complexity index is 261. The molecule has 0 aliphatic heterocycles. The number of rotatable bonds is 2. The average molecular weight is 268 g/mol. The van der Waals surface area contributed by atoms with Crippen LogP contribution in [0.5, 0.6) is 0 Å². The fourth-order valence-electron chi connectivity index (χ4n) is 3.35. The van der Waals surface area contributed by atoms with Crippen LogP contribution in [0.4, 0.5) is 0 Å². The predicted molar refractivity (Wildman–Crippen MR) is 81.8 cm³/mol. The zero-order chi connectivity index (χ0) is 12.8. The van der Waals surface area contributed by atoms with Gasteiger partial charge in [0.15, 0.2) is 5.11 Å². The lowest BCUT2D eigenvalue weighted by atomic mass is 9.95. The highest BCUT2D eigenvalue weighted by atomic mass is 32.1. The molecule has 0 spiro atoms. The Labute approximate surface area is 117 Å². The fraction of sp³-hybridized carbons (Fsp3) is 0.933. The second-order valence-electron chi connectivity index (χ2n) is 6.17. The summed E-state index contributed by atoms with van der Waals surface area (Å²) < 4.78 is 0. The molecule has 2 rings (SSSR count). The van der Waals surface area contributed by atoms with Crippen molar-refractivity contribution < 1.29 is 0 Å². The highest BCUT2D eigenvalue weighted by molar-refractivity contribution is 7.80. The van der Waals surface area contributed by atoms with Gasteiger partial charge in [-0.05, 0) is 43.8 Å². The minimum Gasteiger partial charge on any atom is -0.360 e. The van der Waals surface area contributed by atoms with Gasteiger partial charge in [0.25, 0.3) is 0 Å². The highest BCUT2D eigenvalue weighted by Gasteiger charge is 2.21. The number of thiocarbonyl (C=S) groups is 1. The van der Waals surface area contributed by atoms with Gasteiger partial charge < -0.3 is 10.6 Å². The summed E-state index contributed by atoms with van der Waals surface area (Å²) in [6, 6.07) is 1.22. The largest absolute Gasteiger partial charge is 0.360 e. The monoisotopic (exact) mass is 268 g/mol. The standard InChI is InChI=1S/C15H28N2S/c1-12-8-4-2-7-11-14(12)17-15(18)16-13-9-5-3-6-10-13/h12-14H,2-11H2,1H3,(H2,16,17,18). The van der Waals surface area contributed by atoms with Crippen LogP contribution in [0.25, 0.3) is 0 Å². The molecule has 2 unspecified atom stereocenters. The SMILES string of the molecule is CC1CCCCCC1NC(=S)NC1CCCCC1. The van der Waals surface area contributed by atoms with Crippen molar-refractivity contribution in [2.45, 2.75) is 83.2 Å². The molecule has 2 saturated carbocycles. The van der Waals surface area contributed by atoms with Crippen LogP contribution in [0.3, 0.4) is 0 Å². The molecule has 2 N–H and O–H groups in total. The molecule has 0 radical (unpaired) electrons. The molecule has 2 fully saturated rings. The average Bonchev–Trinajstić information content (AvgIpc) is 2.56. The summed E-state index contributed by atoms with van der Waals surface area (Å²) in [4.78, 5) is 0. The van der Waals surface area contributed by atoms with Crippen LogP contribution < -0.4 is 10.6 Å². The molecule has 0 aromatic carbocycles. The van der Waals surface area contributed by atoms with Gasteiger partial charge in [0, 0.05) is 12.1 Å². The van der Waals surface area contributed by atoms with E-state index in [2.05, 4.69) is 17.6 Å². The zero-order valence-corrected chi connectivity index (χ0v) is 12.5. The van der Waals surface area contributed by atoms with Gasteiger partial charge in [-0.15, -0.1) is 0 Å². The van der Waals surface area contributed by atoms with Gasteiger partial charge in [-0.1, -0.05) is 45.4 Å². The minimum absolute atomic E-state index is 0.594. The van der Waals surface area contributed by atoms with E-state index in [9.17, 15) is 0 Å². The van der Waals surface area contributed by atoms with Gasteiger partial charge in [-0.3, -0.25) is 0 Å². The lowest BCUT2D eigenvalue weighted by molar-refractivity contribution is 0.384. The van der Waals surface area contributed by atoms with E-state index >= 15 is 0 Å². The van der Waals surface area contributed by atoms with Crippen LogP contribution in [0, 0.1) is 5.92 Å². The van der Waals surface area contributed by atoms with Crippen molar-refractivity contribution in [2.75, 3.05) is 0 Å². The molecule has 104 valence electrons.